The second kappa shape index (κ2) is 8.24. The van der Waals surface area contributed by atoms with Crippen molar-refractivity contribution in [2.24, 2.45) is 0 Å². The molecule has 1 fully saturated rings. The Labute approximate surface area is 151 Å². The quantitative estimate of drug-likeness (QED) is 0.795. The molecule has 0 radical (unpaired) electrons. The van der Waals surface area contributed by atoms with E-state index in [4.69, 9.17) is 4.74 Å². The van der Waals surface area contributed by atoms with Crippen LogP contribution in [0.25, 0.3) is 5.69 Å². The van der Waals surface area contributed by atoms with Crippen LogP contribution in [0, 0.1) is 0 Å². The number of aromatic nitrogens is 3. The topological polar surface area (TPSA) is 72.3 Å². The Morgan fingerprint density at radius 2 is 2.00 bits per heavy atom. The summed E-state index contributed by atoms with van der Waals surface area (Å²) in [6.45, 7) is 1.93. The Kier molecular flexibility index (Phi) is 5.80. The highest BCUT2D eigenvalue weighted by atomic mass is 32.2. The fourth-order valence-electron chi connectivity index (χ4n) is 2.88. The Morgan fingerprint density at radius 3 is 2.72 bits per heavy atom. The summed E-state index contributed by atoms with van der Waals surface area (Å²) in [6, 6.07) is 7.80. The number of methoxy groups -OCH3 is 1. The standard InChI is InChI=1S/C17H23N5O2S/c1-18-15(23)12-25-17-20-19-16(21-10-6-3-7-11-21)22(17)13-8-4-5-9-14(13)24-2/h4-5,8-9H,3,6-7,10-12H2,1-2H3,(H,18,23). The second-order valence-corrected chi connectivity index (χ2v) is 6.74. The van der Waals surface area contributed by atoms with E-state index in [0.29, 0.717) is 10.9 Å². The Balaban J connectivity index is 2.01. The molecule has 0 saturated carbocycles. The minimum atomic E-state index is -0.0425. The molecule has 134 valence electrons. The molecular formula is C17H23N5O2S. The minimum Gasteiger partial charge on any atom is -0.495 e. The highest BCUT2D eigenvalue weighted by Crippen LogP contribution is 2.32. The molecule has 0 unspecified atom stereocenters. The molecule has 7 nitrogen and oxygen atoms in total. The number of hydrogen-bond acceptors (Lipinski definition) is 6. The smallest absolute Gasteiger partial charge is 0.232 e. The van der Waals surface area contributed by atoms with E-state index in [9.17, 15) is 4.79 Å². The maximum Gasteiger partial charge on any atom is 0.232 e. The number of para-hydroxylation sites is 2. The third-order valence-corrected chi connectivity index (χ3v) is 5.12. The first kappa shape index (κ1) is 17.6. The van der Waals surface area contributed by atoms with Gasteiger partial charge in [0.2, 0.25) is 11.9 Å². The van der Waals surface area contributed by atoms with Crippen molar-refractivity contribution in [3.05, 3.63) is 24.3 Å². The molecule has 1 aromatic heterocycles. The van der Waals surface area contributed by atoms with Gasteiger partial charge >= 0.3 is 0 Å². The monoisotopic (exact) mass is 361 g/mol. The zero-order valence-corrected chi connectivity index (χ0v) is 15.4. The first-order valence-electron chi connectivity index (χ1n) is 8.41. The lowest BCUT2D eigenvalue weighted by molar-refractivity contribution is -0.118. The molecule has 1 saturated heterocycles. The molecule has 1 aliphatic rings. The summed E-state index contributed by atoms with van der Waals surface area (Å²) in [4.78, 5) is 13.9. The summed E-state index contributed by atoms with van der Waals surface area (Å²) in [7, 11) is 3.29. The summed E-state index contributed by atoms with van der Waals surface area (Å²) in [5, 5.41) is 12.1. The van der Waals surface area contributed by atoms with Gasteiger partial charge in [-0.05, 0) is 31.4 Å². The van der Waals surface area contributed by atoms with Crippen LogP contribution in [0.3, 0.4) is 0 Å². The van der Waals surface area contributed by atoms with Gasteiger partial charge in [0.05, 0.1) is 18.6 Å². The number of nitrogens with zero attached hydrogens (tertiary/aromatic N) is 4. The average Bonchev–Trinajstić information content (AvgIpc) is 3.10. The van der Waals surface area contributed by atoms with Crippen molar-refractivity contribution in [3.63, 3.8) is 0 Å². The van der Waals surface area contributed by atoms with E-state index in [1.54, 1.807) is 14.2 Å². The van der Waals surface area contributed by atoms with Gasteiger partial charge in [0.15, 0.2) is 5.16 Å². The highest BCUT2D eigenvalue weighted by molar-refractivity contribution is 7.99. The molecule has 0 aliphatic carbocycles. The molecule has 8 heteroatoms. The lowest BCUT2D eigenvalue weighted by atomic mass is 10.1. The minimum absolute atomic E-state index is 0.0425. The van der Waals surface area contributed by atoms with Gasteiger partial charge in [-0.3, -0.25) is 9.36 Å². The molecule has 1 N–H and O–H groups in total. The lowest BCUT2D eigenvalue weighted by Crippen LogP contribution is -2.31. The maximum absolute atomic E-state index is 11.6. The van der Waals surface area contributed by atoms with Gasteiger partial charge in [-0.25, -0.2) is 0 Å². The molecule has 3 rings (SSSR count). The van der Waals surface area contributed by atoms with Crippen LogP contribution < -0.4 is 15.0 Å². The molecule has 1 aliphatic heterocycles. The summed E-state index contributed by atoms with van der Waals surface area (Å²) in [5.74, 6) is 1.81. The van der Waals surface area contributed by atoms with E-state index in [1.807, 2.05) is 28.8 Å². The predicted molar refractivity (Wildman–Crippen MR) is 98.8 cm³/mol. The van der Waals surface area contributed by atoms with Crippen molar-refractivity contribution in [3.8, 4) is 11.4 Å². The molecule has 2 aromatic rings. The fourth-order valence-corrected chi connectivity index (χ4v) is 3.69. The fraction of sp³-hybridized carbons (Fsp3) is 0.471. The molecule has 0 spiro atoms. The van der Waals surface area contributed by atoms with Crippen LogP contribution in [0.5, 0.6) is 5.75 Å². The molecule has 25 heavy (non-hydrogen) atoms. The third kappa shape index (κ3) is 3.89. The van der Waals surface area contributed by atoms with Gasteiger partial charge in [-0.2, -0.15) is 0 Å². The number of rotatable bonds is 6. The number of piperidine rings is 1. The van der Waals surface area contributed by atoms with Gasteiger partial charge < -0.3 is 15.0 Å². The summed E-state index contributed by atoms with van der Waals surface area (Å²) in [5.41, 5.74) is 0.884. The Morgan fingerprint density at radius 1 is 1.24 bits per heavy atom. The maximum atomic E-state index is 11.6. The summed E-state index contributed by atoms with van der Waals surface area (Å²) >= 11 is 1.37. The Hall–Kier alpha value is -2.22. The van der Waals surface area contributed by atoms with E-state index in [-0.39, 0.29) is 5.91 Å². The van der Waals surface area contributed by atoms with E-state index in [1.165, 1.54) is 18.2 Å². The van der Waals surface area contributed by atoms with Gasteiger partial charge in [0, 0.05) is 20.1 Å². The molecule has 0 bridgehead atoms. The highest BCUT2D eigenvalue weighted by Gasteiger charge is 2.23. The predicted octanol–water partition coefficient (Wildman–Crippen LogP) is 2.10. The summed E-state index contributed by atoms with van der Waals surface area (Å²) < 4.78 is 7.53. The number of benzene rings is 1. The van der Waals surface area contributed by atoms with Crippen LogP contribution in [-0.2, 0) is 4.79 Å². The molecule has 1 amide bonds. The molecule has 2 heterocycles. The molecule has 0 atom stereocenters. The number of ether oxygens (including phenoxy) is 1. The van der Waals surface area contributed by atoms with Gasteiger partial charge in [-0.1, -0.05) is 23.9 Å². The zero-order valence-electron chi connectivity index (χ0n) is 14.6. The van der Waals surface area contributed by atoms with Gasteiger partial charge in [0.25, 0.3) is 0 Å². The van der Waals surface area contributed by atoms with Crippen molar-refractivity contribution in [2.45, 2.75) is 24.4 Å². The number of anilines is 1. The first-order valence-corrected chi connectivity index (χ1v) is 9.40. The van der Waals surface area contributed by atoms with Gasteiger partial charge in [-0.15, -0.1) is 10.2 Å². The van der Waals surface area contributed by atoms with Crippen molar-refractivity contribution >= 4 is 23.6 Å². The third-order valence-electron chi connectivity index (χ3n) is 4.19. The van der Waals surface area contributed by atoms with E-state index < -0.39 is 0 Å². The van der Waals surface area contributed by atoms with E-state index in [0.717, 1.165) is 43.3 Å². The second-order valence-electron chi connectivity index (χ2n) is 5.80. The van der Waals surface area contributed by atoms with Crippen LogP contribution in [-0.4, -0.2) is 53.7 Å². The zero-order chi connectivity index (χ0) is 17.6. The number of carbonyl (C=O) groups excluding carboxylic acids is 1. The van der Waals surface area contributed by atoms with E-state index in [2.05, 4.69) is 20.4 Å². The number of amides is 1. The van der Waals surface area contributed by atoms with Crippen molar-refractivity contribution in [2.75, 3.05) is 37.9 Å². The average molecular weight is 361 g/mol. The molecular weight excluding hydrogens is 338 g/mol. The van der Waals surface area contributed by atoms with E-state index >= 15 is 0 Å². The lowest BCUT2D eigenvalue weighted by Gasteiger charge is -2.28. The largest absolute Gasteiger partial charge is 0.495 e. The van der Waals surface area contributed by atoms with Crippen LogP contribution in [0.4, 0.5) is 5.95 Å². The van der Waals surface area contributed by atoms with Crippen LogP contribution in [0.1, 0.15) is 19.3 Å². The Bertz CT molecular complexity index is 728. The van der Waals surface area contributed by atoms with Crippen molar-refractivity contribution < 1.29 is 9.53 Å². The van der Waals surface area contributed by atoms with Crippen molar-refractivity contribution in [1.82, 2.24) is 20.1 Å². The van der Waals surface area contributed by atoms with Crippen LogP contribution in [0.15, 0.2) is 29.4 Å². The first-order chi connectivity index (χ1) is 12.2. The van der Waals surface area contributed by atoms with Crippen molar-refractivity contribution in [1.29, 1.82) is 0 Å². The number of nitrogens with one attached hydrogen (secondary N) is 1. The van der Waals surface area contributed by atoms with Crippen LogP contribution >= 0.6 is 11.8 Å². The summed E-state index contributed by atoms with van der Waals surface area (Å²) in [6.07, 6.45) is 3.55. The normalized spacial score (nSPS) is 14.4. The number of carbonyl (C=O) groups is 1. The SMILES string of the molecule is CNC(=O)CSc1nnc(N2CCCCC2)n1-c1ccccc1OC. The van der Waals surface area contributed by atoms with Gasteiger partial charge in [0.1, 0.15) is 5.75 Å². The molecule has 1 aromatic carbocycles. The number of hydrogen-bond donors (Lipinski definition) is 1. The van der Waals surface area contributed by atoms with Crippen LogP contribution in [0.2, 0.25) is 0 Å². The number of thioether (sulfide) groups is 1.